The maximum absolute atomic E-state index is 11.8. The number of carbonyl (C=O) groups is 1. The van der Waals surface area contributed by atoms with Crippen molar-refractivity contribution < 1.29 is 14.3 Å². The van der Waals surface area contributed by atoms with E-state index >= 15 is 0 Å². The lowest BCUT2D eigenvalue weighted by Crippen LogP contribution is -2.32. The van der Waals surface area contributed by atoms with Gasteiger partial charge in [0.2, 0.25) is 0 Å². The summed E-state index contributed by atoms with van der Waals surface area (Å²) in [6.07, 6.45) is 1.19. The van der Waals surface area contributed by atoms with Crippen molar-refractivity contribution in [1.29, 1.82) is 0 Å². The largest absolute Gasteiger partial charge is 0.496 e. The van der Waals surface area contributed by atoms with Gasteiger partial charge in [-0.25, -0.2) is 4.79 Å². The van der Waals surface area contributed by atoms with E-state index in [1.54, 1.807) is 13.2 Å². The molecule has 22 heavy (non-hydrogen) atoms. The van der Waals surface area contributed by atoms with Crippen molar-refractivity contribution in [3.63, 3.8) is 0 Å². The zero-order chi connectivity index (χ0) is 17.0. The molecule has 5 heteroatoms. The van der Waals surface area contributed by atoms with Gasteiger partial charge in [0.25, 0.3) is 0 Å². The number of benzene rings is 1. The average molecular weight is 308 g/mol. The maximum atomic E-state index is 11.8. The predicted molar refractivity (Wildman–Crippen MR) is 89.4 cm³/mol. The van der Waals surface area contributed by atoms with Crippen molar-refractivity contribution in [2.24, 2.45) is 5.73 Å². The lowest BCUT2D eigenvalue weighted by molar-refractivity contribution is 0.0636. The van der Waals surface area contributed by atoms with Gasteiger partial charge in [0.05, 0.1) is 7.11 Å². The highest BCUT2D eigenvalue weighted by molar-refractivity contribution is 5.85. The fourth-order valence-electron chi connectivity index (χ4n) is 1.91. The van der Waals surface area contributed by atoms with Crippen molar-refractivity contribution in [2.75, 3.05) is 12.4 Å². The van der Waals surface area contributed by atoms with Gasteiger partial charge in [0.1, 0.15) is 11.4 Å². The molecule has 1 aromatic carbocycles. The number of nitrogens with one attached hydrogen (secondary N) is 1. The summed E-state index contributed by atoms with van der Waals surface area (Å²) in [6.45, 7) is 9.47. The number of aryl methyl sites for hydroxylation is 1. The third-order valence-electron chi connectivity index (χ3n) is 2.97. The molecule has 0 unspecified atom stereocenters. The normalized spacial score (nSPS) is 12.0. The molecule has 0 radical (unpaired) electrons. The summed E-state index contributed by atoms with van der Waals surface area (Å²) in [5, 5.41) is 2.71. The molecule has 0 bridgehead atoms. The molecule has 124 valence electrons. The number of anilines is 1. The van der Waals surface area contributed by atoms with Crippen LogP contribution in [0.5, 0.6) is 5.75 Å². The van der Waals surface area contributed by atoms with Crippen LogP contribution in [0.25, 0.3) is 0 Å². The molecular weight excluding hydrogens is 280 g/mol. The number of rotatable bonds is 5. The Hall–Kier alpha value is -1.75. The van der Waals surface area contributed by atoms with E-state index in [1.165, 1.54) is 0 Å². The third kappa shape index (κ3) is 6.80. The summed E-state index contributed by atoms with van der Waals surface area (Å²) in [5.41, 5.74) is 6.97. The smallest absolute Gasteiger partial charge is 0.412 e. The number of ether oxygens (including phenoxy) is 2. The average Bonchev–Trinajstić information content (AvgIpc) is 2.33. The van der Waals surface area contributed by atoms with Gasteiger partial charge in [-0.2, -0.15) is 0 Å². The van der Waals surface area contributed by atoms with Crippen molar-refractivity contribution >= 4 is 11.8 Å². The Morgan fingerprint density at radius 1 is 1.23 bits per heavy atom. The first kappa shape index (κ1) is 18.3. The second kappa shape index (κ2) is 7.01. The fraction of sp³-hybridized carbons (Fsp3) is 0.588. The van der Waals surface area contributed by atoms with Crippen LogP contribution in [0.1, 0.15) is 46.6 Å². The Bertz CT molecular complexity index is 514. The van der Waals surface area contributed by atoms with Gasteiger partial charge >= 0.3 is 6.09 Å². The highest BCUT2D eigenvalue weighted by Gasteiger charge is 2.17. The highest BCUT2D eigenvalue weighted by atomic mass is 16.6. The Labute approximate surface area is 133 Å². The van der Waals surface area contributed by atoms with Gasteiger partial charge in [0, 0.05) is 17.3 Å². The quantitative estimate of drug-likeness (QED) is 0.869. The van der Waals surface area contributed by atoms with Crippen LogP contribution in [0, 0.1) is 0 Å². The molecule has 1 amide bonds. The lowest BCUT2D eigenvalue weighted by atomic mass is 9.96. The molecule has 0 aromatic heterocycles. The van der Waals surface area contributed by atoms with E-state index in [2.05, 4.69) is 5.32 Å². The Balaban J connectivity index is 2.78. The van der Waals surface area contributed by atoms with Crippen LogP contribution in [0.3, 0.4) is 0 Å². The van der Waals surface area contributed by atoms with Crippen molar-refractivity contribution in [2.45, 2.75) is 58.6 Å². The van der Waals surface area contributed by atoms with Crippen LogP contribution in [-0.4, -0.2) is 24.3 Å². The Morgan fingerprint density at radius 2 is 1.86 bits per heavy atom. The molecule has 1 aromatic rings. The second-order valence-corrected chi connectivity index (χ2v) is 7.14. The summed E-state index contributed by atoms with van der Waals surface area (Å²) in [6, 6.07) is 5.57. The minimum Gasteiger partial charge on any atom is -0.496 e. The Kier molecular flexibility index (Phi) is 5.83. The standard InChI is InChI=1S/C17H28N2O3/c1-16(2,3)22-15(20)19-13-8-7-12(14(11-13)21-6)9-10-17(4,5)18/h7-8,11H,9-10,18H2,1-6H3,(H,19,20). The molecule has 0 aliphatic rings. The monoisotopic (exact) mass is 308 g/mol. The number of nitrogens with two attached hydrogens (primary N) is 1. The van der Waals surface area contributed by atoms with E-state index in [0.717, 1.165) is 24.2 Å². The van der Waals surface area contributed by atoms with Crippen LogP contribution in [-0.2, 0) is 11.2 Å². The van der Waals surface area contributed by atoms with Crippen LogP contribution >= 0.6 is 0 Å². The molecule has 0 fully saturated rings. The van der Waals surface area contributed by atoms with E-state index in [4.69, 9.17) is 15.2 Å². The maximum Gasteiger partial charge on any atom is 0.412 e. The molecule has 1 rings (SSSR count). The summed E-state index contributed by atoms with van der Waals surface area (Å²) >= 11 is 0. The fourth-order valence-corrected chi connectivity index (χ4v) is 1.91. The Morgan fingerprint density at radius 3 is 2.36 bits per heavy atom. The first-order valence-electron chi connectivity index (χ1n) is 7.46. The topological polar surface area (TPSA) is 73.6 Å². The van der Waals surface area contributed by atoms with Gasteiger partial charge in [-0.05, 0) is 59.1 Å². The van der Waals surface area contributed by atoms with E-state index in [0.29, 0.717) is 5.69 Å². The molecule has 0 aliphatic carbocycles. The van der Waals surface area contributed by atoms with Crippen molar-refractivity contribution in [3.8, 4) is 5.75 Å². The SMILES string of the molecule is COc1cc(NC(=O)OC(C)(C)C)ccc1CCC(C)(C)N. The number of amides is 1. The van der Waals surface area contributed by atoms with Gasteiger partial charge in [-0.3, -0.25) is 5.32 Å². The molecule has 5 nitrogen and oxygen atoms in total. The van der Waals surface area contributed by atoms with E-state index in [9.17, 15) is 4.79 Å². The van der Waals surface area contributed by atoms with Crippen LogP contribution < -0.4 is 15.8 Å². The lowest BCUT2D eigenvalue weighted by Gasteiger charge is -2.21. The molecule has 0 heterocycles. The summed E-state index contributed by atoms with van der Waals surface area (Å²) in [7, 11) is 1.61. The van der Waals surface area contributed by atoms with E-state index in [1.807, 2.05) is 46.8 Å². The molecule has 0 atom stereocenters. The molecular formula is C17H28N2O3. The van der Waals surface area contributed by atoms with Gasteiger partial charge in [0.15, 0.2) is 0 Å². The van der Waals surface area contributed by atoms with Gasteiger partial charge in [-0.1, -0.05) is 6.07 Å². The minimum atomic E-state index is -0.527. The van der Waals surface area contributed by atoms with Crippen LogP contribution in [0.2, 0.25) is 0 Å². The number of methoxy groups -OCH3 is 1. The van der Waals surface area contributed by atoms with Gasteiger partial charge < -0.3 is 15.2 Å². The van der Waals surface area contributed by atoms with Gasteiger partial charge in [-0.15, -0.1) is 0 Å². The third-order valence-corrected chi connectivity index (χ3v) is 2.97. The minimum absolute atomic E-state index is 0.224. The second-order valence-electron chi connectivity index (χ2n) is 7.14. The molecule has 0 spiro atoms. The molecule has 0 saturated carbocycles. The predicted octanol–water partition coefficient (Wildman–Crippen LogP) is 3.71. The first-order valence-corrected chi connectivity index (χ1v) is 7.46. The number of hydrogen-bond donors (Lipinski definition) is 2. The summed E-state index contributed by atoms with van der Waals surface area (Å²) in [5.74, 6) is 0.734. The zero-order valence-corrected chi connectivity index (χ0v) is 14.4. The number of hydrogen-bond acceptors (Lipinski definition) is 4. The zero-order valence-electron chi connectivity index (χ0n) is 14.4. The summed E-state index contributed by atoms with van der Waals surface area (Å²) in [4.78, 5) is 11.8. The van der Waals surface area contributed by atoms with Crippen molar-refractivity contribution in [3.05, 3.63) is 23.8 Å². The first-order chi connectivity index (χ1) is 10.00. The van der Waals surface area contributed by atoms with Crippen LogP contribution in [0.15, 0.2) is 18.2 Å². The molecule has 3 N–H and O–H groups in total. The number of carbonyl (C=O) groups excluding carboxylic acids is 1. The van der Waals surface area contributed by atoms with Crippen LogP contribution in [0.4, 0.5) is 10.5 Å². The van der Waals surface area contributed by atoms with E-state index in [-0.39, 0.29) is 5.54 Å². The summed E-state index contributed by atoms with van der Waals surface area (Å²) < 4.78 is 10.6. The highest BCUT2D eigenvalue weighted by Crippen LogP contribution is 2.26. The van der Waals surface area contributed by atoms with E-state index < -0.39 is 11.7 Å². The molecule has 0 aliphatic heterocycles. The van der Waals surface area contributed by atoms with Crippen molar-refractivity contribution in [1.82, 2.24) is 0 Å². The molecule has 0 saturated heterocycles.